The molecule has 0 aliphatic carbocycles. The van der Waals surface area contributed by atoms with Gasteiger partial charge < -0.3 is 28.4 Å². The number of hydrogen-bond donors (Lipinski definition) is 0. The summed E-state index contributed by atoms with van der Waals surface area (Å²) in [4.78, 5) is 86.2. The van der Waals surface area contributed by atoms with E-state index in [0.717, 1.165) is 0 Å². The molecule has 0 atom stereocenters. The van der Waals surface area contributed by atoms with Crippen LogP contribution >= 0.6 is 0 Å². The lowest BCUT2D eigenvalue weighted by molar-refractivity contribution is 0.0725. The zero-order chi connectivity index (χ0) is 103. The van der Waals surface area contributed by atoms with E-state index in [0.29, 0.717) is 118 Å². The third kappa shape index (κ3) is 24.1. The van der Waals surface area contributed by atoms with Crippen LogP contribution in [0.2, 0.25) is 0 Å². The highest BCUT2D eigenvalue weighted by molar-refractivity contribution is 5.95. The van der Waals surface area contributed by atoms with Crippen molar-refractivity contribution in [3.63, 3.8) is 0 Å². The van der Waals surface area contributed by atoms with Crippen molar-refractivity contribution in [1.82, 2.24) is 0 Å². The van der Waals surface area contributed by atoms with Gasteiger partial charge in [0.15, 0.2) is 0 Å². The zero-order valence-corrected chi connectivity index (χ0v) is 81.0. The fraction of sp³-hybridized carbons (Fsp3) is 0.0476. The van der Waals surface area contributed by atoms with Gasteiger partial charge in [-0.2, -0.15) is 61.4 Å². The normalized spacial score (nSPS) is 11.7. The Morgan fingerprint density at radius 3 is 0.373 bits per heavy atom. The van der Waals surface area contributed by atoms with Gasteiger partial charge in [-0.3, -0.25) is 0 Å². The molecule has 24 heteroatoms. The van der Waals surface area contributed by atoms with Crippen LogP contribution in [-0.4, -0.2) is 35.8 Å². The Labute approximate surface area is 863 Å². The van der Waals surface area contributed by atoms with E-state index >= 15 is 0 Å². The van der Waals surface area contributed by atoms with Crippen molar-refractivity contribution in [2.75, 3.05) is 0 Å². The number of ether oxygens (including phenoxy) is 6. The molecule has 0 aliphatic rings. The van der Waals surface area contributed by atoms with E-state index in [1.165, 1.54) is 0 Å². The third-order valence-corrected chi connectivity index (χ3v) is 25.4. The molecular formula is C126H90N12O12. The number of azo groups is 6. The minimum Gasteiger partial charge on any atom is -0.423 e. The van der Waals surface area contributed by atoms with Crippen molar-refractivity contribution < 1.29 is 57.2 Å². The summed E-state index contributed by atoms with van der Waals surface area (Å²) in [6.07, 6.45) is 0. The van der Waals surface area contributed by atoms with E-state index < -0.39 is 52.1 Å². The molecule has 24 nitrogen and oxygen atoms in total. The Morgan fingerprint density at radius 1 is 0.140 bits per heavy atom. The summed E-state index contributed by atoms with van der Waals surface area (Å²) < 4.78 is 37.3. The Kier molecular flexibility index (Phi) is 30.1. The van der Waals surface area contributed by atoms with Crippen molar-refractivity contribution in [3.05, 3.63) is 575 Å². The molecule has 0 bridgehead atoms. The second-order valence-corrected chi connectivity index (χ2v) is 35.2. The summed E-state index contributed by atoms with van der Waals surface area (Å²) in [5.41, 5.74) is 10.8. The molecule has 0 saturated carbocycles. The van der Waals surface area contributed by atoms with Crippen LogP contribution in [0, 0.1) is 0 Å². The van der Waals surface area contributed by atoms with Crippen molar-refractivity contribution in [2.45, 2.75) is 37.0 Å². The van der Waals surface area contributed by atoms with Gasteiger partial charge in [-0.1, -0.05) is 200 Å². The molecule has 0 amide bonds. The molecule has 0 heterocycles. The summed E-state index contributed by atoms with van der Waals surface area (Å²) in [6, 6.07) is 145. The van der Waals surface area contributed by atoms with Crippen molar-refractivity contribution in [2.24, 2.45) is 61.4 Å². The van der Waals surface area contributed by atoms with Gasteiger partial charge in [0.05, 0.1) is 102 Å². The van der Waals surface area contributed by atoms with Gasteiger partial charge in [0.1, 0.15) is 34.5 Å². The fourth-order valence-electron chi connectivity index (χ4n) is 16.8. The third-order valence-electron chi connectivity index (χ3n) is 25.4. The number of rotatable bonds is 33. The number of carbonyl (C=O) groups excluding carboxylic acids is 6. The van der Waals surface area contributed by atoms with Gasteiger partial charge in [0.2, 0.25) is 0 Å². The monoisotopic (exact) mass is 1960 g/mol. The van der Waals surface area contributed by atoms with E-state index in [1.807, 2.05) is 255 Å². The van der Waals surface area contributed by atoms with Crippen LogP contribution in [0.4, 0.5) is 68.2 Å². The fourth-order valence-corrected chi connectivity index (χ4v) is 16.8. The van der Waals surface area contributed by atoms with Crippen LogP contribution in [0.25, 0.3) is 0 Å². The molecule has 0 spiro atoms. The first-order chi connectivity index (χ1) is 73.3. The van der Waals surface area contributed by atoms with Gasteiger partial charge in [0.25, 0.3) is 0 Å². The standard InChI is InChI=1S/C126H90N12O12/c1-124(91-46-70-112(71-47-91)145-118(139)85-34-58-106(59-35-85)133-127-100-22-10-4-11-23-100,92-48-72-113(73-49-92)146-119(140)86-36-60-107(61-37-86)134-128-101-24-12-5-13-25-101)97-82-98(125(2,93-50-74-114(75-51-93)147-120(141)87-38-62-108(63-39-87)135-129-102-26-14-6-15-27-102)94-52-76-115(77-53-94)148-121(142)88-40-64-109(65-41-88)136-130-103-28-16-7-17-29-103)84-99(83-97)126(3,95-54-78-116(79-55-95)149-122(143)89-42-66-110(67-43-89)137-131-104-30-18-8-19-31-104)96-56-80-117(81-57-96)150-123(144)90-44-68-111(69-45-90)138-132-105-32-20-9-21-33-105/h4-84H,1-3H3/b133-127+,134-128+,135-129+,136-130+,137-131+,138-132+. The Balaban J connectivity index is 0.757. The Hall–Kier alpha value is -20.4. The molecular weight excluding hydrogens is 1870 g/mol. The molecule has 0 saturated heterocycles. The van der Waals surface area contributed by atoms with Crippen molar-refractivity contribution in [1.29, 1.82) is 0 Å². The average molecular weight is 1960 g/mol. The number of nitrogens with zero attached hydrogens (tertiary/aromatic N) is 12. The minimum atomic E-state index is -1.31. The number of carbonyl (C=O) groups is 6. The summed E-state index contributed by atoms with van der Waals surface area (Å²) in [5.74, 6) is -2.53. The Bertz CT molecular complexity index is 6960. The SMILES string of the molecule is CC(c1ccc(OC(=O)c2ccc(/N=N/c3ccccc3)cc2)cc1)(c1ccc(OC(=O)c2ccc(/N=N/c3ccccc3)cc2)cc1)c1cc(C(C)(c2ccc(OC(=O)c3ccc(/N=N/c4ccccc4)cc3)cc2)c2ccc(OC(=O)c3ccc(/N=N/c4ccccc4)cc3)cc2)cc(C(C)(c2ccc(OC(=O)c3ccc(/N=N/c4ccccc4)cc3)cc2)c2ccc(OC(=O)c3ccc(/N=N/c4ccccc4)cc3)cc2)c1. The quantitative estimate of drug-likeness (QED) is 0.0160. The van der Waals surface area contributed by atoms with Crippen molar-refractivity contribution in [3.8, 4) is 34.5 Å². The van der Waals surface area contributed by atoms with Gasteiger partial charge >= 0.3 is 35.8 Å². The molecule has 0 aromatic heterocycles. The smallest absolute Gasteiger partial charge is 0.343 e. The van der Waals surface area contributed by atoms with Crippen LogP contribution in [-0.2, 0) is 16.2 Å². The molecule has 0 fully saturated rings. The molecule has 150 heavy (non-hydrogen) atoms. The number of esters is 6. The topological polar surface area (TPSA) is 306 Å². The number of benzene rings is 19. The zero-order valence-electron chi connectivity index (χ0n) is 81.0. The van der Waals surface area contributed by atoms with Gasteiger partial charge in [0, 0.05) is 16.2 Å². The molecule has 0 aliphatic heterocycles. The lowest BCUT2D eigenvalue weighted by atomic mass is 9.63. The minimum absolute atomic E-state index is 0.216. The van der Waals surface area contributed by atoms with Crippen LogP contribution in [0.3, 0.4) is 0 Å². The first-order valence-electron chi connectivity index (χ1n) is 47.9. The predicted molar refractivity (Wildman–Crippen MR) is 574 cm³/mol. The van der Waals surface area contributed by atoms with Crippen molar-refractivity contribution >= 4 is 104 Å². The maximum atomic E-state index is 14.4. The summed E-state index contributed by atoms with van der Waals surface area (Å²) >= 11 is 0. The largest absolute Gasteiger partial charge is 0.423 e. The van der Waals surface area contributed by atoms with Gasteiger partial charge in [-0.25, -0.2) is 28.8 Å². The predicted octanol–water partition coefficient (Wildman–Crippen LogP) is 33.6. The second-order valence-electron chi connectivity index (χ2n) is 35.2. The maximum Gasteiger partial charge on any atom is 0.343 e. The summed E-state index contributed by atoms with van der Waals surface area (Å²) in [7, 11) is 0. The van der Waals surface area contributed by atoms with E-state index in [9.17, 15) is 28.8 Å². The summed E-state index contributed by atoms with van der Waals surface area (Å²) in [6.45, 7) is 6.23. The molecule has 0 unspecified atom stereocenters. The highest BCUT2D eigenvalue weighted by Gasteiger charge is 2.41. The van der Waals surface area contributed by atoms with E-state index in [4.69, 9.17) is 28.4 Å². The molecule has 19 aromatic rings. The van der Waals surface area contributed by atoms with Crippen LogP contribution in [0.5, 0.6) is 34.5 Å². The summed E-state index contributed by atoms with van der Waals surface area (Å²) in [5, 5.41) is 52.4. The van der Waals surface area contributed by atoms with Gasteiger partial charge in [-0.15, -0.1) is 0 Å². The first kappa shape index (κ1) is 98.4. The molecule has 0 radical (unpaired) electrons. The van der Waals surface area contributed by atoms with Gasteiger partial charge in [-0.05, 0) is 362 Å². The molecule has 19 aromatic carbocycles. The second kappa shape index (κ2) is 45.9. The average Bonchev–Trinajstić information content (AvgIpc) is 0.719. The first-order valence-corrected chi connectivity index (χ1v) is 47.9. The maximum absolute atomic E-state index is 14.4. The van der Waals surface area contributed by atoms with E-state index in [-0.39, 0.29) is 67.9 Å². The van der Waals surface area contributed by atoms with E-state index in [1.54, 1.807) is 218 Å². The lowest BCUT2D eigenvalue weighted by Crippen LogP contribution is -2.32. The number of hydrogen-bond acceptors (Lipinski definition) is 24. The highest BCUT2D eigenvalue weighted by Crippen LogP contribution is 2.51. The van der Waals surface area contributed by atoms with Crippen LogP contribution < -0.4 is 28.4 Å². The van der Waals surface area contributed by atoms with E-state index in [2.05, 4.69) is 100 Å². The molecule has 726 valence electrons. The Morgan fingerprint density at radius 2 is 0.253 bits per heavy atom. The molecule has 0 N–H and O–H groups in total. The molecule has 19 rings (SSSR count). The lowest BCUT2D eigenvalue weighted by Gasteiger charge is -2.39. The van der Waals surface area contributed by atoms with Crippen LogP contribution in [0.1, 0.15) is 133 Å². The highest BCUT2D eigenvalue weighted by atomic mass is 16.6. The van der Waals surface area contributed by atoms with Crippen LogP contribution in [0.15, 0.2) is 553 Å².